The van der Waals surface area contributed by atoms with Crippen molar-refractivity contribution in [3.63, 3.8) is 0 Å². The van der Waals surface area contributed by atoms with E-state index in [2.05, 4.69) is 32.3 Å². The van der Waals surface area contributed by atoms with Crippen LogP contribution in [0.3, 0.4) is 0 Å². The van der Waals surface area contributed by atoms with Crippen LogP contribution < -0.4 is 5.32 Å². The van der Waals surface area contributed by atoms with Gasteiger partial charge in [-0.2, -0.15) is 5.26 Å². The third kappa shape index (κ3) is 2.63. The Balaban J connectivity index is 2.41. The van der Waals surface area contributed by atoms with Gasteiger partial charge in [0.1, 0.15) is 11.9 Å². The molecule has 2 rings (SSSR count). The monoisotopic (exact) mass is 321 g/mol. The lowest BCUT2D eigenvalue weighted by Crippen LogP contribution is -1.97. The molecule has 0 saturated carbocycles. The fraction of sp³-hybridized carbons (Fsp3) is 0.0769. The van der Waals surface area contributed by atoms with E-state index in [0.29, 0.717) is 16.4 Å². The molecule has 0 aliphatic heterocycles. The quantitative estimate of drug-likeness (QED) is 0.890. The van der Waals surface area contributed by atoms with Crippen LogP contribution in [0.25, 0.3) is 0 Å². The first-order chi connectivity index (χ1) is 8.61. The lowest BCUT2D eigenvalue weighted by atomic mass is 10.2. The first kappa shape index (κ1) is 12.9. The van der Waals surface area contributed by atoms with Crippen molar-refractivity contribution in [1.82, 2.24) is 4.98 Å². The Kier molecular flexibility index (Phi) is 3.85. The molecule has 1 aromatic heterocycles. The summed E-state index contributed by atoms with van der Waals surface area (Å²) in [6.45, 7) is 1.93. The summed E-state index contributed by atoms with van der Waals surface area (Å²) in [7, 11) is 0. The molecule has 0 aliphatic rings. The van der Waals surface area contributed by atoms with E-state index in [1.54, 1.807) is 24.4 Å². The van der Waals surface area contributed by atoms with Gasteiger partial charge < -0.3 is 5.32 Å². The molecule has 0 aliphatic carbocycles. The molecule has 1 heterocycles. The number of rotatable bonds is 2. The first-order valence-electron chi connectivity index (χ1n) is 5.19. The second kappa shape index (κ2) is 5.38. The molecule has 0 spiro atoms. The highest BCUT2D eigenvalue weighted by molar-refractivity contribution is 9.10. The van der Waals surface area contributed by atoms with Crippen LogP contribution >= 0.6 is 27.5 Å². The molecule has 18 heavy (non-hydrogen) atoms. The van der Waals surface area contributed by atoms with E-state index in [9.17, 15) is 0 Å². The van der Waals surface area contributed by atoms with Gasteiger partial charge in [0.05, 0.1) is 11.3 Å². The zero-order valence-electron chi connectivity index (χ0n) is 9.54. The minimum absolute atomic E-state index is 0.487. The van der Waals surface area contributed by atoms with Gasteiger partial charge in [-0.1, -0.05) is 11.6 Å². The molecule has 0 saturated heterocycles. The van der Waals surface area contributed by atoms with Crippen molar-refractivity contribution in [2.75, 3.05) is 5.32 Å². The van der Waals surface area contributed by atoms with Gasteiger partial charge in [0.25, 0.3) is 0 Å². The Labute approximate surface area is 119 Å². The van der Waals surface area contributed by atoms with Crippen molar-refractivity contribution in [2.45, 2.75) is 6.92 Å². The average Bonchev–Trinajstić information content (AvgIpc) is 2.36. The van der Waals surface area contributed by atoms with Crippen LogP contribution in [0.4, 0.5) is 11.5 Å². The van der Waals surface area contributed by atoms with Crippen molar-refractivity contribution in [3.8, 4) is 6.07 Å². The predicted molar refractivity (Wildman–Crippen MR) is 76.1 cm³/mol. The topological polar surface area (TPSA) is 48.7 Å². The molecule has 0 fully saturated rings. The van der Waals surface area contributed by atoms with Gasteiger partial charge in [-0.25, -0.2) is 4.98 Å². The van der Waals surface area contributed by atoms with Gasteiger partial charge in [0.15, 0.2) is 0 Å². The van der Waals surface area contributed by atoms with Crippen molar-refractivity contribution in [1.29, 1.82) is 5.26 Å². The lowest BCUT2D eigenvalue weighted by molar-refractivity contribution is 1.28. The van der Waals surface area contributed by atoms with Gasteiger partial charge in [-0.3, -0.25) is 0 Å². The van der Waals surface area contributed by atoms with E-state index in [1.165, 1.54) is 0 Å². The highest BCUT2D eigenvalue weighted by Gasteiger charge is 2.07. The van der Waals surface area contributed by atoms with Crippen molar-refractivity contribution < 1.29 is 0 Å². The van der Waals surface area contributed by atoms with Gasteiger partial charge in [-0.15, -0.1) is 0 Å². The summed E-state index contributed by atoms with van der Waals surface area (Å²) in [5.41, 5.74) is 2.25. The largest absolute Gasteiger partial charge is 0.338 e. The number of pyridine rings is 1. The van der Waals surface area contributed by atoms with Crippen LogP contribution in [0, 0.1) is 18.3 Å². The lowest BCUT2D eigenvalue weighted by Gasteiger charge is -2.10. The van der Waals surface area contributed by atoms with E-state index in [-0.39, 0.29) is 0 Å². The molecule has 0 atom stereocenters. The number of aromatic nitrogens is 1. The van der Waals surface area contributed by atoms with Crippen LogP contribution in [-0.4, -0.2) is 4.98 Å². The molecule has 0 amide bonds. The van der Waals surface area contributed by atoms with E-state index >= 15 is 0 Å². The second-order valence-electron chi connectivity index (χ2n) is 3.72. The molecule has 2 aromatic rings. The zero-order chi connectivity index (χ0) is 13.1. The standard InChI is InChI=1S/C13H9BrClN3/c1-8-5-10(14)12(6-11(8)15)18-13-9(7-16)3-2-4-17-13/h2-6H,1H3,(H,17,18). The Bertz CT molecular complexity index is 635. The maximum Gasteiger partial charge on any atom is 0.148 e. The fourth-order valence-corrected chi connectivity index (χ4v) is 2.19. The van der Waals surface area contributed by atoms with Gasteiger partial charge in [0.2, 0.25) is 0 Å². The highest BCUT2D eigenvalue weighted by atomic mass is 79.9. The van der Waals surface area contributed by atoms with Crippen LogP contribution in [0.5, 0.6) is 0 Å². The first-order valence-corrected chi connectivity index (χ1v) is 6.36. The van der Waals surface area contributed by atoms with E-state index in [1.807, 2.05) is 13.0 Å². The number of halogens is 2. The summed E-state index contributed by atoms with van der Waals surface area (Å²) < 4.78 is 0.874. The molecule has 5 heteroatoms. The molecular weight excluding hydrogens is 314 g/mol. The number of nitrogens with one attached hydrogen (secondary N) is 1. The maximum absolute atomic E-state index is 9.00. The molecule has 3 nitrogen and oxygen atoms in total. The molecule has 0 radical (unpaired) electrons. The normalized spacial score (nSPS) is 9.89. The molecule has 0 unspecified atom stereocenters. The second-order valence-corrected chi connectivity index (χ2v) is 4.98. The van der Waals surface area contributed by atoms with Crippen molar-refractivity contribution in [3.05, 3.63) is 51.1 Å². The number of anilines is 2. The minimum Gasteiger partial charge on any atom is -0.338 e. The molecular formula is C13H9BrClN3. The van der Waals surface area contributed by atoms with E-state index in [0.717, 1.165) is 15.7 Å². The van der Waals surface area contributed by atoms with E-state index < -0.39 is 0 Å². The molecule has 0 bridgehead atoms. The number of aryl methyl sites for hydroxylation is 1. The molecule has 1 aromatic carbocycles. The summed E-state index contributed by atoms with van der Waals surface area (Å²) >= 11 is 9.53. The zero-order valence-corrected chi connectivity index (χ0v) is 11.9. The third-order valence-corrected chi connectivity index (χ3v) is 3.49. The van der Waals surface area contributed by atoms with Crippen LogP contribution in [0.15, 0.2) is 34.9 Å². The predicted octanol–water partition coefficient (Wildman–Crippen LogP) is 4.42. The van der Waals surface area contributed by atoms with Crippen LogP contribution in [0.2, 0.25) is 5.02 Å². The third-order valence-electron chi connectivity index (χ3n) is 2.43. The number of hydrogen-bond donors (Lipinski definition) is 1. The van der Waals surface area contributed by atoms with Crippen LogP contribution in [0.1, 0.15) is 11.1 Å². The Hall–Kier alpha value is -1.57. The number of benzene rings is 1. The van der Waals surface area contributed by atoms with Crippen LogP contribution in [-0.2, 0) is 0 Å². The fourth-order valence-electron chi connectivity index (χ4n) is 1.46. The van der Waals surface area contributed by atoms with E-state index in [4.69, 9.17) is 16.9 Å². The molecule has 1 N–H and O–H groups in total. The van der Waals surface area contributed by atoms with Gasteiger partial charge >= 0.3 is 0 Å². The summed E-state index contributed by atoms with van der Waals surface area (Å²) in [4.78, 5) is 4.14. The minimum atomic E-state index is 0.487. The summed E-state index contributed by atoms with van der Waals surface area (Å²) in [6.07, 6.45) is 1.63. The maximum atomic E-state index is 9.00. The number of nitriles is 1. The number of nitrogens with zero attached hydrogens (tertiary/aromatic N) is 2. The Morgan fingerprint density at radius 3 is 2.94 bits per heavy atom. The summed E-state index contributed by atoms with van der Waals surface area (Å²) in [6, 6.07) is 9.24. The highest BCUT2D eigenvalue weighted by Crippen LogP contribution is 2.31. The number of hydrogen-bond acceptors (Lipinski definition) is 3. The van der Waals surface area contributed by atoms with Crippen molar-refractivity contribution in [2.24, 2.45) is 0 Å². The average molecular weight is 323 g/mol. The van der Waals surface area contributed by atoms with Crippen molar-refractivity contribution >= 4 is 39.0 Å². The SMILES string of the molecule is Cc1cc(Br)c(Nc2ncccc2C#N)cc1Cl. The van der Waals surface area contributed by atoms with Gasteiger partial charge in [-0.05, 0) is 52.7 Å². The smallest absolute Gasteiger partial charge is 0.148 e. The van der Waals surface area contributed by atoms with Gasteiger partial charge in [0, 0.05) is 15.7 Å². The molecule has 90 valence electrons. The Morgan fingerprint density at radius 1 is 1.44 bits per heavy atom. The Morgan fingerprint density at radius 2 is 2.22 bits per heavy atom. The summed E-state index contributed by atoms with van der Waals surface area (Å²) in [5.74, 6) is 0.514. The summed E-state index contributed by atoms with van der Waals surface area (Å²) in [5, 5.41) is 12.8.